The first kappa shape index (κ1) is 16.6. The molecule has 110 valence electrons. The van der Waals surface area contributed by atoms with Crippen molar-refractivity contribution in [1.29, 1.82) is 0 Å². The Bertz CT molecular complexity index is 358. The molecule has 1 rings (SSSR count). The van der Waals surface area contributed by atoms with E-state index in [0.717, 1.165) is 6.42 Å². The minimum Gasteiger partial charge on any atom is -0.547 e. The minimum atomic E-state index is -1.48. The molecule has 0 atom stereocenters. The molecule has 0 N–H and O–H groups in total. The third-order valence-corrected chi connectivity index (χ3v) is 4.34. The van der Waals surface area contributed by atoms with Gasteiger partial charge in [-0.05, 0) is 50.0 Å². The lowest BCUT2D eigenvalue weighted by Crippen LogP contribution is -2.25. The maximum atomic E-state index is 6.39. The molecule has 0 saturated carbocycles. The monoisotopic (exact) mass is 280 g/mol. The molecule has 0 aromatic carbocycles. The van der Waals surface area contributed by atoms with E-state index in [4.69, 9.17) is 4.43 Å². The molecule has 0 unspecified atom stereocenters. The smallest absolute Gasteiger partial charge is 0.241 e. The molecule has 0 radical (unpaired) electrons. The van der Waals surface area contributed by atoms with Crippen molar-refractivity contribution in [2.45, 2.75) is 85.4 Å². The predicted octanol–water partition coefficient (Wildman–Crippen LogP) is 6.19. The highest BCUT2D eigenvalue weighted by molar-refractivity contribution is 6.70. The van der Waals surface area contributed by atoms with Gasteiger partial charge in [-0.25, -0.2) is 0 Å². The van der Waals surface area contributed by atoms with Crippen molar-refractivity contribution in [1.82, 2.24) is 0 Å². The van der Waals surface area contributed by atoms with Gasteiger partial charge in [0.1, 0.15) is 0 Å². The quantitative estimate of drug-likeness (QED) is 0.481. The van der Waals surface area contributed by atoms with Crippen molar-refractivity contribution < 1.29 is 4.43 Å². The van der Waals surface area contributed by atoms with Crippen LogP contribution in [0.3, 0.4) is 0 Å². The fraction of sp³-hybridized carbons (Fsp3) is 0.765. The summed E-state index contributed by atoms with van der Waals surface area (Å²) in [5, 5.41) is 0. The second-order valence-corrected chi connectivity index (χ2v) is 11.1. The second-order valence-electron chi connectivity index (χ2n) is 6.63. The van der Waals surface area contributed by atoms with Crippen molar-refractivity contribution in [2.24, 2.45) is 0 Å². The fourth-order valence-electron chi connectivity index (χ4n) is 2.92. The largest absolute Gasteiger partial charge is 0.547 e. The lowest BCUT2D eigenvalue weighted by Gasteiger charge is -2.22. The highest BCUT2D eigenvalue weighted by Crippen LogP contribution is 2.40. The van der Waals surface area contributed by atoms with Gasteiger partial charge < -0.3 is 4.43 Å². The Balaban J connectivity index is 3.01. The number of hydrogen-bond acceptors (Lipinski definition) is 1. The van der Waals surface area contributed by atoms with Crippen LogP contribution in [0.1, 0.15) is 65.7 Å². The molecule has 0 aliphatic heterocycles. The molecule has 1 aliphatic carbocycles. The van der Waals surface area contributed by atoms with E-state index in [0.29, 0.717) is 0 Å². The van der Waals surface area contributed by atoms with Crippen LogP contribution in [0.5, 0.6) is 0 Å². The van der Waals surface area contributed by atoms with Crippen LogP contribution in [0.4, 0.5) is 0 Å². The maximum Gasteiger partial charge on any atom is 0.241 e. The van der Waals surface area contributed by atoms with Crippen LogP contribution < -0.4 is 0 Å². The second kappa shape index (κ2) is 7.32. The van der Waals surface area contributed by atoms with Crippen LogP contribution >= 0.6 is 0 Å². The molecule has 1 nitrogen and oxygen atoms in total. The first-order chi connectivity index (χ1) is 8.92. The highest BCUT2D eigenvalue weighted by atomic mass is 28.4. The van der Waals surface area contributed by atoms with E-state index in [-0.39, 0.29) is 0 Å². The molecule has 0 amide bonds. The van der Waals surface area contributed by atoms with Gasteiger partial charge in [0.25, 0.3) is 0 Å². The molecule has 19 heavy (non-hydrogen) atoms. The summed E-state index contributed by atoms with van der Waals surface area (Å²) in [7, 11) is -1.48. The van der Waals surface area contributed by atoms with Crippen LogP contribution in [0.2, 0.25) is 19.6 Å². The minimum absolute atomic E-state index is 1.10. The Kier molecular flexibility index (Phi) is 6.38. The summed E-state index contributed by atoms with van der Waals surface area (Å²) >= 11 is 0. The molecule has 0 fully saturated rings. The standard InChI is InChI=1S/C17H32OSi/c1-7-10-14-13-17(18-19(4,5)6)16(12-9-3)15(14)11-8-2/h7-13H2,1-6H3. The summed E-state index contributed by atoms with van der Waals surface area (Å²) in [6.45, 7) is 13.7. The Morgan fingerprint density at radius 2 is 1.37 bits per heavy atom. The summed E-state index contributed by atoms with van der Waals surface area (Å²) in [5.74, 6) is 1.33. The number of rotatable bonds is 8. The topological polar surface area (TPSA) is 9.23 Å². The molecular formula is C17H32OSi. The van der Waals surface area contributed by atoms with Gasteiger partial charge >= 0.3 is 0 Å². The van der Waals surface area contributed by atoms with Gasteiger partial charge in [-0.3, -0.25) is 0 Å². The van der Waals surface area contributed by atoms with Crippen LogP contribution in [0.25, 0.3) is 0 Å². The van der Waals surface area contributed by atoms with Gasteiger partial charge in [0.2, 0.25) is 8.32 Å². The van der Waals surface area contributed by atoms with Crippen LogP contribution in [-0.4, -0.2) is 8.32 Å². The van der Waals surface area contributed by atoms with E-state index in [1.165, 1.54) is 44.3 Å². The van der Waals surface area contributed by atoms with Crippen molar-refractivity contribution in [3.05, 3.63) is 22.5 Å². The van der Waals surface area contributed by atoms with Gasteiger partial charge in [0.15, 0.2) is 0 Å². The van der Waals surface area contributed by atoms with E-state index in [2.05, 4.69) is 40.4 Å². The van der Waals surface area contributed by atoms with Crippen LogP contribution in [0, 0.1) is 0 Å². The molecule has 0 aromatic heterocycles. The average molecular weight is 281 g/mol. The SMILES string of the molecule is CCCC1=C(CCC)C(CCC)=C(O[Si](C)(C)C)C1. The summed E-state index contributed by atoms with van der Waals surface area (Å²) in [4.78, 5) is 0. The number of allylic oxidation sites excluding steroid dienone is 3. The van der Waals surface area contributed by atoms with E-state index < -0.39 is 8.32 Å². The summed E-state index contributed by atoms with van der Waals surface area (Å²) in [6.07, 6.45) is 8.51. The van der Waals surface area contributed by atoms with Gasteiger partial charge in [-0.2, -0.15) is 0 Å². The third-order valence-electron chi connectivity index (χ3n) is 3.48. The zero-order chi connectivity index (χ0) is 14.5. The summed E-state index contributed by atoms with van der Waals surface area (Å²) < 4.78 is 6.39. The van der Waals surface area contributed by atoms with E-state index in [1.807, 2.05) is 0 Å². The lowest BCUT2D eigenvalue weighted by atomic mass is 9.96. The predicted molar refractivity (Wildman–Crippen MR) is 87.8 cm³/mol. The zero-order valence-electron chi connectivity index (χ0n) is 13.9. The fourth-order valence-corrected chi connectivity index (χ4v) is 3.85. The molecule has 0 saturated heterocycles. The van der Waals surface area contributed by atoms with E-state index in [1.54, 1.807) is 16.7 Å². The van der Waals surface area contributed by atoms with Gasteiger partial charge in [0, 0.05) is 6.42 Å². The van der Waals surface area contributed by atoms with Gasteiger partial charge in [-0.1, -0.05) is 45.6 Å². The average Bonchev–Trinajstić information content (AvgIpc) is 2.58. The van der Waals surface area contributed by atoms with Gasteiger partial charge in [-0.15, -0.1) is 0 Å². The van der Waals surface area contributed by atoms with Crippen LogP contribution in [-0.2, 0) is 4.43 Å². The Morgan fingerprint density at radius 3 is 1.84 bits per heavy atom. The van der Waals surface area contributed by atoms with E-state index >= 15 is 0 Å². The Hall–Kier alpha value is -0.503. The normalized spacial score (nSPS) is 16.5. The highest BCUT2D eigenvalue weighted by Gasteiger charge is 2.27. The van der Waals surface area contributed by atoms with Crippen molar-refractivity contribution in [3.63, 3.8) is 0 Å². The molecular weight excluding hydrogens is 248 g/mol. The molecule has 0 bridgehead atoms. The van der Waals surface area contributed by atoms with E-state index in [9.17, 15) is 0 Å². The summed E-state index contributed by atoms with van der Waals surface area (Å²) in [5.41, 5.74) is 4.88. The molecule has 2 heteroatoms. The van der Waals surface area contributed by atoms with Crippen molar-refractivity contribution >= 4 is 8.32 Å². The molecule has 0 heterocycles. The zero-order valence-corrected chi connectivity index (χ0v) is 14.9. The van der Waals surface area contributed by atoms with Gasteiger partial charge in [0.05, 0.1) is 5.76 Å². The number of hydrogen-bond donors (Lipinski definition) is 0. The van der Waals surface area contributed by atoms with Crippen molar-refractivity contribution in [3.8, 4) is 0 Å². The van der Waals surface area contributed by atoms with Crippen molar-refractivity contribution in [2.75, 3.05) is 0 Å². The molecule has 1 aliphatic rings. The summed E-state index contributed by atoms with van der Waals surface area (Å²) in [6, 6.07) is 0. The Morgan fingerprint density at radius 1 is 0.842 bits per heavy atom. The maximum absolute atomic E-state index is 6.39. The molecule has 0 aromatic rings. The first-order valence-corrected chi connectivity index (χ1v) is 11.5. The molecule has 0 spiro atoms. The first-order valence-electron chi connectivity index (χ1n) is 8.05. The van der Waals surface area contributed by atoms with Crippen LogP contribution in [0.15, 0.2) is 22.5 Å². The lowest BCUT2D eigenvalue weighted by molar-refractivity contribution is 0.404. The Labute approximate surface area is 121 Å². The third kappa shape index (κ3) is 4.83.